The standard InChI is InChI=1S/C31H39F3N6O5S/c1-29(2)18-20-6-4-15-35-23-7-3-8-25(36-23)46(43,44)38-27(41)21-9-10-24(37-26(21)40(29)19-20)39-16-11-22(28(39)42)45-17-5-12-30(13-14-30)31(32,33)34/h3,7-10,20,22H,4-6,11-19H2,1-2H3,(H,35,36)(H,38,41)/t20-,22?/m0/s1. The van der Waals surface area contributed by atoms with E-state index in [0.29, 0.717) is 25.3 Å². The van der Waals surface area contributed by atoms with E-state index < -0.39 is 39.2 Å². The number of carbonyl (C=O) groups is 2. The van der Waals surface area contributed by atoms with E-state index in [0.717, 1.165) is 19.3 Å². The smallest absolute Gasteiger partial charge is 0.370 e. The molecule has 2 atom stereocenters. The van der Waals surface area contributed by atoms with E-state index in [1.165, 1.54) is 23.1 Å². The van der Waals surface area contributed by atoms with Gasteiger partial charge in [0.05, 0.1) is 11.0 Å². The van der Waals surface area contributed by atoms with Crippen LogP contribution in [0.15, 0.2) is 35.4 Å². The molecule has 2 saturated heterocycles. The highest BCUT2D eigenvalue weighted by atomic mass is 32.2. The first-order chi connectivity index (χ1) is 21.7. The molecule has 1 aliphatic carbocycles. The fraction of sp³-hybridized carbons (Fsp3) is 0.613. The van der Waals surface area contributed by atoms with Crippen LogP contribution in [0.4, 0.5) is 30.6 Å². The summed E-state index contributed by atoms with van der Waals surface area (Å²) in [5.41, 5.74) is -1.98. The van der Waals surface area contributed by atoms with E-state index in [1.807, 2.05) is 18.7 Å². The largest absolute Gasteiger partial charge is 0.394 e. The Kier molecular flexibility index (Phi) is 8.45. The summed E-state index contributed by atoms with van der Waals surface area (Å²) < 4.78 is 74.1. The minimum atomic E-state index is -4.32. The normalized spacial score (nSPS) is 25.2. The van der Waals surface area contributed by atoms with Crippen LogP contribution in [0.25, 0.3) is 0 Å². The maximum atomic E-state index is 13.6. The summed E-state index contributed by atoms with van der Waals surface area (Å²) in [5.74, 6) is 0.0116. The molecule has 2 N–H and O–H groups in total. The number of carbonyl (C=O) groups excluding carboxylic acids is 2. The van der Waals surface area contributed by atoms with Gasteiger partial charge in [0.2, 0.25) is 0 Å². The first-order valence-corrected chi connectivity index (χ1v) is 17.2. The van der Waals surface area contributed by atoms with Crippen molar-refractivity contribution in [3.8, 4) is 0 Å². The number of amides is 2. The highest BCUT2D eigenvalue weighted by molar-refractivity contribution is 7.90. The topological polar surface area (TPSA) is 134 Å². The van der Waals surface area contributed by atoms with Crippen LogP contribution >= 0.6 is 0 Å². The third-order valence-electron chi connectivity index (χ3n) is 9.65. The zero-order valence-corrected chi connectivity index (χ0v) is 26.7. The van der Waals surface area contributed by atoms with Crippen LogP contribution in [0.2, 0.25) is 0 Å². The van der Waals surface area contributed by atoms with E-state index in [4.69, 9.17) is 9.72 Å². The lowest BCUT2D eigenvalue weighted by Crippen LogP contribution is -2.41. The Bertz CT molecular complexity index is 1610. The highest BCUT2D eigenvalue weighted by Gasteiger charge is 2.62. The highest BCUT2D eigenvalue weighted by Crippen LogP contribution is 2.60. The summed E-state index contributed by atoms with van der Waals surface area (Å²) in [6.45, 7) is 5.61. The second kappa shape index (κ2) is 12.0. The molecule has 3 fully saturated rings. The summed E-state index contributed by atoms with van der Waals surface area (Å²) in [6, 6.07) is 7.52. The number of rotatable bonds is 6. The Morgan fingerprint density at radius 1 is 1.09 bits per heavy atom. The van der Waals surface area contributed by atoms with Crippen LogP contribution in [-0.4, -0.2) is 74.3 Å². The zero-order chi connectivity index (χ0) is 32.9. The fourth-order valence-electron chi connectivity index (χ4n) is 6.92. The molecule has 1 unspecified atom stereocenters. The maximum absolute atomic E-state index is 13.6. The summed E-state index contributed by atoms with van der Waals surface area (Å²) in [4.78, 5) is 39.4. The van der Waals surface area contributed by atoms with Gasteiger partial charge in [-0.3, -0.25) is 14.5 Å². The van der Waals surface area contributed by atoms with Crippen LogP contribution in [0.5, 0.6) is 0 Å². The maximum Gasteiger partial charge on any atom is 0.394 e. The molecule has 0 spiro atoms. The summed E-state index contributed by atoms with van der Waals surface area (Å²) in [6.07, 6.45) is -1.69. The van der Waals surface area contributed by atoms with Crippen LogP contribution in [-0.2, 0) is 19.6 Å². The Morgan fingerprint density at radius 2 is 1.87 bits per heavy atom. The van der Waals surface area contributed by atoms with E-state index in [2.05, 4.69) is 15.0 Å². The number of nitrogens with one attached hydrogen (secondary N) is 2. The second-order valence-electron chi connectivity index (χ2n) is 13.4. The number of hydrogen-bond donors (Lipinski definition) is 2. The molecule has 250 valence electrons. The number of anilines is 3. The van der Waals surface area contributed by atoms with Crippen molar-refractivity contribution < 1.29 is 35.9 Å². The van der Waals surface area contributed by atoms with Gasteiger partial charge in [-0.1, -0.05) is 6.07 Å². The summed E-state index contributed by atoms with van der Waals surface area (Å²) >= 11 is 0. The van der Waals surface area contributed by atoms with Crippen molar-refractivity contribution in [3.05, 3.63) is 35.9 Å². The number of halogens is 3. The van der Waals surface area contributed by atoms with Gasteiger partial charge < -0.3 is 15.0 Å². The molecule has 15 heteroatoms. The van der Waals surface area contributed by atoms with Crippen molar-refractivity contribution in [2.75, 3.05) is 41.4 Å². The Balaban J connectivity index is 1.24. The number of ether oxygens (including phenoxy) is 1. The van der Waals surface area contributed by atoms with Crippen molar-refractivity contribution in [2.45, 2.75) is 88.1 Å². The number of alkyl halides is 3. The molecule has 4 bridgehead atoms. The molecule has 1 saturated carbocycles. The van der Waals surface area contributed by atoms with Gasteiger partial charge in [0.1, 0.15) is 23.6 Å². The van der Waals surface area contributed by atoms with Gasteiger partial charge in [-0.25, -0.2) is 14.7 Å². The number of sulfonamides is 1. The Labute approximate surface area is 266 Å². The van der Waals surface area contributed by atoms with Gasteiger partial charge in [-0.2, -0.15) is 21.6 Å². The predicted octanol–water partition coefficient (Wildman–Crippen LogP) is 4.65. The zero-order valence-electron chi connectivity index (χ0n) is 25.9. The van der Waals surface area contributed by atoms with Crippen molar-refractivity contribution >= 4 is 39.3 Å². The number of pyridine rings is 2. The molecule has 2 aromatic heterocycles. The van der Waals surface area contributed by atoms with Gasteiger partial charge in [-0.05, 0) is 89.0 Å². The third kappa shape index (κ3) is 6.40. The molecule has 46 heavy (non-hydrogen) atoms. The summed E-state index contributed by atoms with van der Waals surface area (Å²) in [7, 11) is -4.32. The molecule has 0 radical (unpaired) electrons. The number of aromatic nitrogens is 2. The van der Waals surface area contributed by atoms with E-state index in [9.17, 15) is 31.2 Å². The molecule has 0 aromatic carbocycles. The van der Waals surface area contributed by atoms with E-state index in [1.54, 1.807) is 12.1 Å². The molecular weight excluding hydrogens is 625 g/mol. The lowest BCUT2D eigenvalue weighted by molar-refractivity contribution is -0.190. The number of nitrogens with zero attached hydrogens (tertiary/aromatic N) is 4. The lowest BCUT2D eigenvalue weighted by atomic mass is 9.93. The first-order valence-electron chi connectivity index (χ1n) is 15.8. The van der Waals surface area contributed by atoms with Crippen LogP contribution < -0.4 is 19.8 Å². The Morgan fingerprint density at radius 3 is 2.61 bits per heavy atom. The van der Waals surface area contributed by atoms with Crippen molar-refractivity contribution in [1.82, 2.24) is 14.7 Å². The molecule has 2 aromatic rings. The molecule has 11 nitrogen and oxygen atoms in total. The average Bonchev–Trinajstić information content (AvgIpc) is 3.62. The van der Waals surface area contributed by atoms with Gasteiger partial charge >= 0.3 is 6.18 Å². The van der Waals surface area contributed by atoms with Gasteiger partial charge in [0.15, 0.2) is 5.03 Å². The van der Waals surface area contributed by atoms with Gasteiger partial charge in [-0.15, -0.1) is 0 Å². The second-order valence-corrected chi connectivity index (χ2v) is 15.0. The van der Waals surface area contributed by atoms with Gasteiger partial charge in [0, 0.05) is 38.2 Å². The van der Waals surface area contributed by atoms with Gasteiger partial charge in [0.25, 0.3) is 21.8 Å². The molecule has 6 rings (SSSR count). The van der Waals surface area contributed by atoms with Crippen LogP contribution in [0.1, 0.15) is 75.6 Å². The van der Waals surface area contributed by atoms with Crippen LogP contribution in [0.3, 0.4) is 0 Å². The van der Waals surface area contributed by atoms with Crippen molar-refractivity contribution in [3.63, 3.8) is 0 Å². The molecule has 4 aliphatic rings. The quantitative estimate of drug-likeness (QED) is 0.424. The SMILES string of the molecule is CC1(C)C[C@@H]2CCCNc3cccc(n3)S(=O)(=O)NC(=O)c3ccc(N4CCC(OCCCC5(C(F)(F)F)CC5)C4=O)nc3N1C2. The Hall–Kier alpha value is -3.46. The predicted molar refractivity (Wildman–Crippen MR) is 164 cm³/mol. The van der Waals surface area contributed by atoms with E-state index in [-0.39, 0.29) is 72.9 Å². The molecular formula is C31H39F3N6O5S. The lowest BCUT2D eigenvalue weighted by Gasteiger charge is -2.34. The van der Waals surface area contributed by atoms with Crippen molar-refractivity contribution in [2.24, 2.45) is 11.3 Å². The first kappa shape index (κ1) is 32.5. The number of fused-ring (bicyclic) bond motifs is 6. The fourth-order valence-corrected chi connectivity index (χ4v) is 7.86. The minimum Gasteiger partial charge on any atom is -0.370 e. The van der Waals surface area contributed by atoms with Crippen LogP contribution in [0, 0.1) is 11.3 Å². The average molecular weight is 665 g/mol. The van der Waals surface area contributed by atoms with E-state index >= 15 is 0 Å². The number of hydrogen-bond acceptors (Lipinski definition) is 9. The molecule has 3 aliphatic heterocycles. The molecule has 2 amide bonds. The third-order valence-corrected chi connectivity index (χ3v) is 10.9. The monoisotopic (exact) mass is 664 g/mol. The minimum absolute atomic E-state index is 0.0179. The molecule has 5 heterocycles. The van der Waals surface area contributed by atoms with Crippen molar-refractivity contribution in [1.29, 1.82) is 0 Å². The summed E-state index contributed by atoms with van der Waals surface area (Å²) in [5, 5.41) is 2.87.